The van der Waals surface area contributed by atoms with E-state index in [0.717, 1.165) is 20.4 Å². The molecule has 5 nitrogen and oxygen atoms in total. The van der Waals surface area contributed by atoms with Gasteiger partial charge in [0.05, 0.1) is 20.6 Å². The summed E-state index contributed by atoms with van der Waals surface area (Å²) in [6.45, 7) is 0. The second-order valence-electron chi connectivity index (χ2n) is 3.14. The maximum absolute atomic E-state index is 12.7. The zero-order chi connectivity index (χ0) is 13.0. The van der Waals surface area contributed by atoms with E-state index in [4.69, 9.17) is 0 Å². The van der Waals surface area contributed by atoms with Crippen molar-refractivity contribution in [2.24, 2.45) is 0 Å². The van der Waals surface area contributed by atoms with E-state index in [2.05, 4.69) is 14.5 Å². The molecule has 0 atom stereocenters. The highest BCUT2D eigenvalue weighted by atomic mass is 19.3. The van der Waals surface area contributed by atoms with Gasteiger partial charge in [-0.2, -0.15) is 0 Å². The van der Waals surface area contributed by atoms with Crippen molar-refractivity contribution in [2.75, 3.05) is 14.2 Å². The largest absolute Gasteiger partial charge is 0.482 e. The average Bonchev–Trinajstić information content (AvgIpc) is 2.30. The Morgan fingerprint density at radius 1 is 1.47 bits per heavy atom. The van der Waals surface area contributed by atoms with Gasteiger partial charge in [0, 0.05) is 11.8 Å². The molecule has 0 bridgehead atoms. The molecule has 0 saturated heterocycles. The van der Waals surface area contributed by atoms with Gasteiger partial charge in [-0.25, -0.2) is 8.78 Å². The lowest BCUT2D eigenvalue weighted by atomic mass is 10.1. The summed E-state index contributed by atoms with van der Waals surface area (Å²) >= 11 is 0. The van der Waals surface area contributed by atoms with E-state index in [1.807, 2.05) is 0 Å². The molecule has 1 aromatic heterocycles. The molecule has 1 N–H and O–H groups in total. The topological polar surface area (TPSA) is 68.4 Å². The van der Waals surface area contributed by atoms with Crippen molar-refractivity contribution in [3.63, 3.8) is 0 Å². The molecule has 0 unspecified atom stereocenters. The predicted molar refractivity (Wildman–Crippen MR) is 54.3 cm³/mol. The molecule has 0 aromatic carbocycles. The van der Waals surface area contributed by atoms with Crippen molar-refractivity contribution in [3.8, 4) is 5.88 Å². The Bertz CT molecular complexity index is 470. The third-order valence-corrected chi connectivity index (χ3v) is 2.14. The maximum Gasteiger partial charge on any atom is 0.310 e. The smallest absolute Gasteiger partial charge is 0.310 e. The van der Waals surface area contributed by atoms with Crippen molar-refractivity contribution in [2.45, 2.75) is 12.8 Å². The number of carbonyl (C=O) groups excluding carboxylic acids is 1. The number of alkyl halides is 2. The van der Waals surface area contributed by atoms with Crippen LogP contribution in [-0.4, -0.2) is 25.2 Å². The number of ether oxygens (including phenoxy) is 2. The van der Waals surface area contributed by atoms with Crippen LogP contribution >= 0.6 is 0 Å². The summed E-state index contributed by atoms with van der Waals surface area (Å²) in [7, 11) is 2.31. The third kappa shape index (κ3) is 2.80. The van der Waals surface area contributed by atoms with Gasteiger partial charge < -0.3 is 14.5 Å². The van der Waals surface area contributed by atoms with Crippen molar-refractivity contribution in [3.05, 3.63) is 27.5 Å². The molecule has 0 fully saturated rings. The van der Waals surface area contributed by atoms with Gasteiger partial charge in [0.15, 0.2) is 5.43 Å². The number of hydrogen-bond acceptors (Lipinski definition) is 4. The number of H-pyrrole nitrogens is 1. The van der Waals surface area contributed by atoms with Gasteiger partial charge in [-0.3, -0.25) is 9.59 Å². The Morgan fingerprint density at radius 2 is 2.12 bits per heavy atom. The molecule has 0 spiro atoms. The number of halogens is 2. The number of hydrogen-bond donors (Lipinski definition) is 1. The van der Waals surface area contributed by atoms with Crippen LogP contribution < -0.4 is 10.2 Å². The van der Waals surface area contributed by atoms with Crippen LogP contribution in [0.4, 0.5) is 8.78 Å². The van der Waals surface area contributed by atoms with Crippen LogP contribution in [0.15, 0.2) is 11.0 Å². The molecule has 94 valence electrons. The van der Waals surface area contributed by atoms with Crippen molar-refractivity contribution in [1.29, 1.82) is 0 Å². The van der Waals surface area contributed by atoms with Crippen LogP contribution in [-0.2, 0) is 16.0 Å². The third-order valence-electron chi connectivity index (χ3n) is 2.14. The highest BCUT2D eigenvalue weighted by molar-refractivity contribution is 5.72. The molecular weight excluding hydrogens is 236 g/mol. The molecule has 1 aromatic rings. The Balaban J connectivity index is 3.24. The standard InChI is InChI=1S/C10H11F2NO4/c1-16-6(14)3-5-4-13-10(17-2)7(8(5)15)9(11)12/h4,9H,3H2,1-2H3,(H,13,15). The molecule has 1 heterocycles. The molecule has 0 radical (unpaired) electrons. The van der Waals surface area contributed by atoms with Crippen molar-refractivity contribution >= 4 is 5.97 Å². The van der Waals surface area contributed by atoms with E-state index in [1.54, 1.807) is 0 Å². The highest BCUT2D eigenvalue weighted by Gasteiger charge is 2.22. The van der Waals surface area contributed by atoms with Gasteiger partial charge in [-0.05, 0) is 0 Å². The van der Waals surface area contributed by atoms with Crippen molar-refractivity contribution < 1.29 is 23.0 Å². The fraction of sp³-hybridized carbons (Fsp3) is 0.400. The molecule has 17 heavy (non-hydrogen) atoms. The summed E-state index contributed by atoms with van der Waals surface area (Å²) in [6.07, 6.45) is -2.19. The van der Waals surface area contributed by atoms with Gasteiger partial charge in [0.25, 0.3) is 6.43 Å². The Morgan fingerprint density at radius 3 is 2.59 bits per heavy atom. The van der Waals surface area contributed by atoms with Crippen LogP contribution in [0.2, 0.25) is 0 Å². The fourth-order valence-corrected chi connectivity index (χ4v) is 1.30. The first kappa shape index (κ1) is 13.1. The quantitative estimate of drug-likeness (QED) is 0.807. The minimum atomic E-state index is -2.98. The minimum Gasteiger partial charge on any atom is -0.482 e. The maximum atomic E-state index is 12.7. The Kier molecular flexibility index (Phi) is 4.19. The predicted octanol–water partition coefficient (Wildman–Crippen LogP) is 1.04. The normalized spacial score (nSPS) is 10.4. The summed E-state index contributed by atoms with van der Waals surface area (Å²) in [5, 5.41) is 0. The van der Waals surface area contributed by atoms with E-state index >= 15 is 0 Å². The number of methoxy groups -OCH3 is 2. The van der Waals surface area contributed by atoms with Crippen LogP contribution in [0.25, 0.3) is 0 Å². The average molecular weight is 247 g/mol. The number of nitrogens with one attached hydrogen (secondary N) is 1. The van der Waals surface area contributed by atoms with Crippen LogP contribution in [0.1, 0.15) is 17.6 Å². The lowest BCUT2D eigenvalue weighted by molar-refractivity contribution is -0.139. The summed E-state index contributed by atoms with van der Waals surface area (Å²) in [6, 6.07) is 0. The highest BCUT2D eigenvalue weighted by Crippen LogP contribution is 2.23. The number of pyridine rings is 1. The second kappa shape index (κ2) is 5.42. The number of rotatable bonds is 4. The molecule has 7 heteroatoms. The van der Waals surface area contributed by atoms with Crippen LogP contribution in [0.3, 0.4) is 0 Å². The molecule has 0 aliphatic heterocycles. The molecular formula is C10H11F2NO4. The van der Waals surface area contributed by atoms with E-state index in [-0.39, 0.29) is 17.9 Å². The molecule has 1 rings (SSSR count). The number of aromatic nitrogens is 1. The van der Waals surface area contributed by atoms with Gasteiger partial charge in [-0.15, -0.1) is 0 Å². The van der Waals surface area contributed by atoms with Gasteiger partial charge in [-0.1, -0.05) is 0 Å². The van der Waals surface area contributed by atoms with E-state index in [1.165, 1.54) is 0 Å². The summed E-state index contributed by atoms with van der Waals surface area (Å²) in [5.74, 6) is -0.987. The van der Waals surface area contributed by atoms with Crippen LogP contribution in [0.5, 0.6) is 5.88 Å². The number of carbonyl (C=O) groups is 1. The Hall–Kier alpha value is -1.92. The first-order chi connectivity index (χ1) is 8.01. The van der Waals surface area contributed by atoms with E-state index < -0.39 is 23.4 Å². The van der Waals surface area contributed by atoms with Gasteiger partial charge in [0.1, 0.15) is 5.56 Å². The zero-order valence-electron chi connectivity index (χ0n) is 9.25. The monoisotopic (exact) mass is 247 g/mol. The summed E-state index contributed by atoms with van der Waals surface area (Å²) < 4.78 is 34.3. The van der Waals surface area contributed by atoms with Gasteiger partial charge in [0.2, 0.25) is 5.88 Å². The second-order valence-corrected chi connectivity index (χ2v) is 3.14. The lowest BCUT2D eigenvalue weighted by Gasteiger charge is -2.08. The summed E-state index contributed by atoms with van der Waals surface area (Å²) in [5.41, 5.74) is -1.79. The molecule has 0 aliphatic carbocycles. The van der Waals surface area contributed by atoms with E-state index in [0.29, 0.717) is 0 Å². The minimum absolute atomic E-state index is 0.0899. The van der Waals surface area contributed by atoms with Gasteiger partial charge >= 0.3 is 5.97 Å². The zero-order valence-corrected chi connectivity index (χ0v) is 9.25. The first-order valence-corrected chi connectivity index (χ1v) is 4.64. The fourth-order valence-electron chi connectivity index (χ4n) is 1.30. The summed E-state index contributed by atoms with van der Waals surface area (Å²) in [4.78, 5) is 25.0. The van der Waals surface area contributed by atoms with E-state index in [9.17, 15) is 18.4 Å². The SMILES string of the molecule is COC(=O)Cc1c[nH]c(OC)c(C(F)F)c1=O. The lowest BCUT2D eigenvalue weighted by Crippen LogP contribution is -2.20. The van der Waals surface area contributed by atoms with Crippen LogP contribution in [0, 0.1) is 0 Å². The molecule has 0 amide bonds. The molecule has 0 aliphatic rings. The number of aromatic amines is 1. The Labute approximate surface area is 95.4 Å². The number of esters is 1. The first-order valence-electron chi connectivity index (χ1n) is 4.64. The van der Waals surface area contributed by atoms with Crippen molar-refractivity contribution in [1.82, 2.24) is 4.98 Å². The molecule has 0 saturated carbocycles.